The van der Waals surface area contributed by atoms with E-state index < -0.39 is 18.3 Å². The quantitative estimate of drug-likeness (QED) is 0.512. The zero-order chi connectivity index (χ0) is 11.6. The number of hydrogen-bond donors (Lipinski definition) is 2. The van der Waals surface area contributed by atoms with Crippen molar-refractivity contribution < 1.29 is 13.2 Å². The summed E-state index contributed by atoms with van der Waals surface area (Å²) in [6.45, 7) is 0. The second kappa shape index (κ2) is 5.16. The van der Waals surface area contributed by atoms with Gasteiger partial charge in [-0.15, -0.1) is 0 Å². The van der Waals surface area contributed by atoms with Gasteiger partial charge >= 0.3 is 0 Å². The molecule has 1 rings (SSSR count). The number of rotatable bonds is 3. The second-order valence-electron chi connectivity index (χ2n) is 2.74. The third kappa shape index (κ3) is 2.63. The molecule has 1 aromatic carbocycles. The minimum Gasteiger partial charge on any atom is -0.271 e. The van der Waals surface area contributed by atoms with Crippen LogP contribution in [0.4, 0.5) is 13.2 Å². The lowest BCUT2D eigenvalue weighted by molar-refractivity contribution is 0.0969. The van der Waals surface area contributed by atoms with Crippen LogP contribution in [0.25, 0.3) is 0 Å². The van der Waals surface area contributed by atoms with Crippen LogP contribution >= 0.6 is 27.5 Å². The second-order valence-corrected chi connectivity index (χ2v) is 3.98. The van der Waals surface area contributed by atoms with Crippen LogP contribution in [0, 0.1) is 5.82 Å². The first kappa shape index (κ1) is 12.8. The summed E-state index contributed by atoms with van der Waals surface area (Å²) in [6, 6.07) is 1.01. The van der Waals surface area contributed by atoms with Crippen LogP contribution in [0.1, 0.15) is 11.6 Å². The monoisotopic (exact) mass is 302 g/mol. The van der Waals surface area contributed by atoms with Gasteiger partial charge in [0.05, 0.1) is 5.02 Å². The molecule has 0 amide bonds. The Kier molecular flexibility index (Phi) is 4.39. The van der Waals surface area contributed by atoms with Gasteiger partial charge in [0, 0.05) is 10.0 Å². The lowest BCUT2D eigenvalue weighted by Gasteiger charge is -2.16. The zero-order valence-corrected chi connectivity index (χ0v) is 9.62. The third-order valence-corrected chi connectivity index (χ3v) is 3.09. The van der Waals surface area contributed by atoms with Gasteiger partial charge in [-0.25, -0.2) is 18.6 Å². The molecule has 0 heterocycles. The molecular weight excluding hydrogens is 296 g/mol. The fourth-order valence-electron chi connectivity index (χ4n) is 1.08. The molecule has 1 unspecified atom stereocenters. The maximum atomic E-state index is 13.5. The van der Waals surface area contributed by atoms with Crippen LogP contribution in [0.5, 0.6) is 0 Å². The fraction of sp³-hybridized carbons (Fsp3) is 0.250. The van der Waals surface area contributed by atoms with E-state index in [2.05, 4.69) is 15.9 Å². The third-order valence-electron chi connectivity index (χ3n) is 1.83. The van der Waals surface area contributed by atoms with Crippen molar-refractivity contribution in [3.05, 3.63) is 33.0 Å². The zero-order valence-electron chi connectivity index (χ0n) is 7.28. The summed E-state index contributed by atoms with van der Waals surface area (Å²) in [6.07, 6.45) is -2.82. The van der Waals surface area contributed by atoms with Crippen LogP contribution in [-0.4, -0.2) is 6.43 Å². The van der Waals surface area contributed by atoms with Gasteiger partial charge in [0.15, 0.2) is 0 Å². The lowest BCUT2D eigenvalue weighted by atomic mass is 10.1. The van der Waals surface area contributed by atoms with E-state index in [0.717, 1.165) is 0 Å². The fourth-order valence-corrected chi connectivity index (χ4v) is 1.56. The average molecular weight is 304 g/mol. The molecule has 1 aromatic rings. The Balaban J connectivity index is 3.19. The van der Waals surface area contributed by atoms with Crippen molar-refractivity contribution >= 4 is 27.5 Å². The van der Waals surface area contributed by atoms with Crippen molar-refractivity contribution in [3.8, 4) is 0 Å². The molecule has 3 N–H and O–H groups in total. The number of benzene rings is 1. The minimum atomic E-state index is -2.82. The van der Waals surface area contributed by atoms with Crippen molar-refractivity contribution in [2.75, 3.05) is 0 Å². The first-order valence-corrected chi connectivity index (χ1v) is 5.03. The molecule has 15 heavy (non-hydrogen) atoms. The molecule has 0 radical (unpaired) electrons. The van der Waals surface area contributed by atoms with Gasteiger partial charge < -0.3 is 0 Å². The van der Waals surface area contributed by atoms with Crippen LogP contribution < -0.4 is 11.3 Å². The number of halogens is 5. The highest BCUT2D eigenvalue weighted by Crippen LogP contribution is 2.32. The van der Waals surface area contributed by atoms with Gasteiger partial charge in [0.25, 0.3) is 6.43 Å². The topological polar surface area (TPSA) is 38.0 Å². The van der Waals surface area contributed by atoms with Crippen molar-refractivity contribution in [1.29, 1.82) is 0 Å². The smallest absolute Gasteiger partial charge is 0.259 e. The molecule has 84 valence electrons. The number of hydrogen-bond acceptors (Lipinski definition) is 2. The first-order valence-electron chi connectivity index (χ1n) is 3.86. The largest absolute Gasteiger partial charge is 0.271 e. The summed E-state index contributed by atoms with van der Waals surface area (Å²) in [4.78, 5) is 0. The van der Waals surface area contributed by atoms with E-state index in [-0.39, 0.29) is 10.6 Å². The Bertz CT molecular complexity index is 362. The number of hydrazine groups is 1. The Morgan fingerprint density at radius 1 is 1.40 bits per heavy atom. The van der Waals surface area contributed by atoms with Crippen LogP contribution in [0.3, 0.4) is 0 Å². The lowest BCUT2D eigenvalue weighted by Crippen LogP contribution is -2.33. The standard InChI is InChI=1S/C8H7BrClF3N2/c9-4-2-1-3(6(11)5(4)10)7(15-14)8(12)13/h1-2,7-8,15H,14H2. The predicted molar refractivity (Wildman–Crippen MR) is 55.2 cm³/mol. The molecule has 0 aliphatic carbocycles. The summed E-state index contributed by atoms with van der Waals surface area (Å²) in [7, 11) is 0. The molecule has 2 nitrogen and oxygen atoms in total. The average Bonchev–Trinajstić information content (AvgIpc) is 2.18. The molecule has 1 atom stereocenters. The van der Waals surface area contributed by atoms with Crippen molar-refractivity contribution in [3.63, 3.8) is 0 Å². The molecule has 0 bridgehead atoms. The maximum absolute atomic E-state index is 13.5. The Hall–Kier alpha value is -0.300. The highest BCUT2D eigenvalue weighted by Gasteiger charge is 2.25. The number of nitrogens with one attached hydrogen (secondary N) is 1. The van der Waals surface area contributed by atoms with Gasteiger partial charge in [-0.1, -0.05) is 17.7 Å². The van der Waals surface area contributed by atoms with Gasteiger partial charge in [-0.05, 0) is 22.0 Å². The highest BCUT2D eigenvalue weighted by molar-refractivity contribution is 9.10. The van der Waals surface area contributed by atoms with E-state index in [1.165, 1.54) is 12.1 Å². The van der Waals surface area contributed by atoms with E-state index >= 15 is 0 Å². The summed E-state index contributed by atoms with van der Waals surface area (Å²) in [5.74, 6) is 4.00. The predicted octanol–water partition coefficient (Wildman–Crippen LogP) is 3.01. The summed E-state index contributed by atoms with van der Waals surface area (Å²) in [5, 5.41) is -0.242. The van der Waals surface area contributed by atoms with Gasteiger partial charge in [-0.2, -0.15) is 0 Å². The summed E-state index contributed by atoms with van der Waals surface area (Å²) in [5.41, 5.74) is 1.58. The van der Waals surface area contributed by atoms with Crippen molar-refractivity contribution in [1.82, 2.24) is 5.43 Å². The highest BCUT2D eigenvalue weighted by atomic mass is 79.9. The van der Waals surface area contributed by atoms with Crippen LogP contribution in [-0.2, 0) is 0 Å². The molecule has 7 heteroatoms. The van der Waals surface area contributed by atoms with Gasteiger partial charge in [-0.3, -0.25) is 5.84 Å². The molecule has 0 aliphatic rings. The van der Waals surface area contributed by atoms with Gasteiger partial charge in [0.2, 0.25) is 0 Å². The van der Waals surface area contributed by atoms with Crippen molar-refractivity contribution in [2.24, 2.45) is 5.84 Å². The van der Waals surface area contributed by atoms with E-state index in [9.17, 15) is 13.2 Å². The molecule has 0 saturated heterocycles. The van der Waals surface area contributed by atoms with Crippen LogP contribution in [0.2, 0.25) is 5.02 Å². The Labute approximate surface area is 97.7 Å². The Morgan fingerprint density at radius 2 is 2.00 bits per heavy atom. The normalized spacial score (nSPS) is 13.3. The molecule has 0 aliphatic heterocycles. The summed E-state index contributed by atoms with van der Waals surface area (Å²) < 4.78 is 38.6. The van der Waals surface area contributed by atoms with Crippen molar-refractivity contribution in [2.45, 2.75) is 12.5 Å². The molecule has 0 fully saturated rings. The number of alkyl halides is 2. The van der Waals surface area contributed by atoms with Crippen LogP contribution in [0.15, 0.2) is 16.6 Å². The SMILES string of the molecule is NNC(c1ccc(Br)c(Cl)c1F)C(F)F. The van der Waals surface area contributed by atoms with Gasteiger partial charge in [0.1, 0.15) is 11.9 Å². The Morgan fingerprint density at radius 3 is 2.47 bits per heavy atom. The van der Waals surface area contributed by atoms with E-state index in [4.69, 9.17) is 17.4 Å². The number of nitrogens with two attached hydrogens (primary N) is 1. The summed E-state index contributed by atoms with van der Waals surface area (Å²) >= 11 is 8.53. The van der Waals surface area contributed by atoms with E-state index in [0.29, 0.717) is 4.47 Å². The first-order chi connectivity index (χ1) is 6.99. The maximum Gasteiger partial charge on any atom is 0.259 e. The molecule has 0 saturated carbocycles. The van der Waals surface area contributed by atoms with E-state index in [1.54, 1.807) is 0 Å². The van der Waals surface area contributed by atoms with E-state index in [1.807, 2.05) is 5.43 Å². The molecular formula is C8H7BrClF3N2. The molecule has 0 aromatic heterocycles. The minimum absolute atomic E-state index is 0.242. The molecule has 0 spiro atoms.